The lowest BCUT2D eigenvalue weighted by Crippen LogP contribution is -2.42. The summed E-state index contributed by atoms with van der Waals surface area (Å²) >= 11 is 0. The molecule has 0 unspecified atom stereocenters. The zero-order valence-corrected chi connectivity index (χ0v) is 18.7. The van der Waals surface area contributed by atoms with E-state index in [4.69, 9.17) is 0 Å². The molecule has 3 aromatic carbocycles. The highest BCUT2D eigenvalue weighted by Gasteiger charge is 2.20. The fraction of sp³-hybridized carbons (Fsp3) is 0.0870. The highest BCUT2D eigenvalue weighted by Crippen LogP contribution is 2.21. The fourth-order valence-corrected chi connectivity index (χ4v) is 4.33. The van der Waals surface area contributed by atoms with Crippen LogP contribution in [0.25, 0.3) is 11.0 Å². The largest absolute Gasteiger partial charge is 0.342 e. The Balaban J connectivity index is 1.44. The van der Waals surface area contributed by atoms with Crippen LogP contribution in [0.3, 0.4) is 0 Å². The third-order valence-electron chi connectivity index (χ3n) is 4.96. The van der Waals surface area contributed by atoms with E-state index >= 15 is 0 Å². The number of carbonyl (C=O) groups is 2. The summed E-state index contributed by atoms with van der Waals surface area (Å²) in [5.41, 5.74) is 6.36. The van der Waals surface area contributed by atoms with Crippen molar-refractivity contribution in [1.29, 1.82) is 0 Å². The maximum atomic E-state index is 13.9. The van der Waals surface area contributed by atoms with Gasteiger partial charge in [0.1, 0.15) is 11.6 Å². The number of aromatic nitrogens is 2. The van der Waals surface area contributed by atoms with Crippen LogP contribution < -0.4 is 15.6 Å². The number of hydrogen-bond donors (Lipinski definition) is 4. The Morgan fingerprint density at radius 1 is 1.00 bits per heavy atom. The Bertz CT molecular complexity index is 1470. The van der Waals surface area contributed by atoms with Gasteiger partial charge in [0, 0.05) is 5.56 Å². The number of hydrazine groups is 1. The molecule has 0 radical (unpaired) electrons. The van der Waals surface area contributed by atoms with Crippen molar-refractivity contribution in [1.82, 2.24) is 20.8 Å². The number of para-hydroxylation sites is 3. The van der Waals surface area contributed by atoms with E-state index in [1.54, 1.807) is 13.0 Å². The lowest BCUT2D eigenvalue weighted by Gasteiger charge is -2.12. The van der Waals surface area contributed by atoms with Gasteiger partial charge in [0.2, 0.25) is 5.91 Å². The summed E-state index contributed by atoms with van der Waals surface area (Å²) in [6.07, 6.45) is -0.102. The van der Waals surface area contributed by atoms with E-state index < -0.39 is 27.7 Å². The van der Waals surface area contributed by atoms with Gasteiger partial charge in [-0.2, -0.15) is 0 Å². The first kappa shape index (κ1) is 22.9. The van der Waals surface area contributed by atoms with Gasteiger partial charge in [0.15, 0.2) is 0 Å². The minimum absolute atomic E-state index is 0.0282. The van der Waals surface area contributed by atoms with E-state index in [9.17, 15) is 22.4 Å². The molecule has 0 bridgehead atoms. The fourth-order valence-electron chi connectivity index (χ4n) is 3.24. The SMILES string of the molecule is Cc1ccc(S(=O)(=O)Nc2ccccc2F)cc1C(=O)NNC(=O)Cc1nc2ccccc2[nH]1. The van der Waals surface area contributed by atoms with Gasteiger partial charge in [-0.05, 0) is 48.9 Å². The molecule has 0 saturated carbocycles. The van der Waals surface area contributed by atoms with Crippen LogP contribution in [-0.2, 0) is 21.2 Å². The third-order valence-corrected chi connectivity index (χ3v) is 6.33. The van der Waals surface area contributed by atoms with Crippen LogP contribution in [0.2, 0.25) is 0 Å². The van der Waals surface area contributed by atoms with E-state index in [2.05, 4.69) is 25.5 Å². The molecule has 0 aliphatic carbocycles. The van der Waals surface area contributed by atoms with Gasteiger partial charge < -0.3 is 4.98 Å². The molecule has 11 heteroatoms. The monoisotopic (exact) mass is 481 g/mol. The van der Waals surface area contributed by atoms with Crippen LogP contribution in [-0.4, -0.2) is 30.2 Å². The summed E-state index contributed by atoms with van der Waals surface area (Å²) in [5.74, 6) is -1.53. The molecule has 2 amide bonds. The van der Waals surface area contributed by atoms with Crippen LogP contribution in [0, 0.1) is 12.7 Å². The van der Waals surface area contributed by atoms with E-state index in [-0.39, 0.29) is 22.6 Å². The number of amides is 2. The van der Waals surface area contributed by atoms with Gasteiger partial charge in [0.25, 0.3) is 15.9 Å². The number of rotatable bonds is 6. The predicted molar refractivity (Wildman–Crippen MR) is 124 cm³/mol. The molecular weight excluding hydrogens is 461 g/mol. The second-order valence-corrected chi connectivity index (χ2v) is 9.12. The average molecular weight is 482 g/mol. The molecule has 0 fully saturated rings. The number of carbonyl (C=O) groups excluding carboxylic acids is 2. The second kappa shape index (κ2) is 9.32. The number of anilines is 1. The van der Waals surface area contributed by atoms with Gasteiger partial charge in [-0.15, -0.1) is 0 Å². The molecule has 174 valence electrons. The van der Waals surface area contributed by atoms with Gasteiger partial charge in [-0.3, -0.25) is 25.2 Å². The number of imidazole rings is 1. The predicted octanol–water partition coefficient (Wildman–Crippen LogP) is 2.81. The highest BCUT2D eigenvalue weighted by atomic mass is 32.2. The molecule has 34 heavy (non-hydrogen) atoms. The van der Waals surface area contributed by atoms with Crippen LogP contribution in [0.1, 0.15) is 21.7 Å². The normalized spacial score (nSPS) is 11.2. The van der Waals surface area contributed by atoms with Crippen LogP contribution in [0.15, 0.2) is 71.6 Å². The first-order valence-electron chi connectivity index (χ1n) is 10.1. The van der Waals surface area contributed by atoms with E-state index in [0.717, 1.165) is 17.6 Å². The van der Waals surface area contributed by atoms with Gasteiger partial charge in [-0.1, -0.05) is 30.3 Å². The molecule has 4 aromatic rings. The summed E-state index contributed by atoms with van der Waals surface area (Å²) in [4.78, 5) is 32.0. The maximum Gasteiger partial charge on any atom is 0.269 e. The first-order chi connectivity index (χ1) is 16.2. The topological polar surface area (TPSA) is 133 Å². The number of nitrogens with zero attached hydrogens (tertiary/aromatic N) is 1. The molecule has 0 aliphatic heterocycles. The molecule has 0 spiro atoms. The van der Waals surface area contributed by atoms with Crippen LogP contribution >= 0.6 is 0 Å². The number of benzene rings is 3. The van der Waals surface area contributed by atoms with Gasteiger partial charge >= 0.3 is 0 Å². The van der Waals surface area contributed by atoms with Crippen molar-refractivity contribution < 1.29 is 22.4 Å². The Morgan fingerprint density at radius 3 is 2.50 bits per heavy atom. The summed E-state index contributed by atoms with van der Waals surface area (Å²) < 4.78 is 41.4. The number of sulfonamides is 1. The molecular formula is C23H20FN5O4S. The first-order valence-corrected chi connectivity index (χ1v) is 11.6. The summed E-state index contributed by atoms with van der Waals surface area (Å²) in [6.45, 7) is 1.62. The number of aryl methyl sites for hydroxylation is 1. The smallest absolute Gasteiger partial charge is 0.269 e. The van der Waals surface area contributed by atoms with Crippen molar-refractivity contribution in [3.63, 3.8) is 0 Å². The third kappa shape index (κ3) is 5.04. The summed E-state index contributed by atoms with van der Waals surface area (Å²) in [5, 5.41) is 0. The van der Waals surface area contributed by atoms with Crippen molar-refractivity contribution in [3.05, 3.63) is 89.5 Å². The van der Waals surface area contributed by atoms with Crippen molar-refractivity contribution >= 4 is 38.6 Å². The van der Waals surface area contributed by atoms with Crippen LogP contribution in [0.5, 0.6) is 0 Å². The zero-order valence-electron chi connectivity index (χ0n) is 17.9. The average Bonchev–Trinajstić information content (AvgIpc) is 3.21. The zero-order chi connectivity index (χ0) is 24.3. The summed E-state index contributed by atoms with van der Waals surface area (Å²) in [7, 11) is -4.16. The number of H-pyrrole nitrogens is 1. The standard InChI is InChI=1S/C23H20FN5O4S/c1-14-10-11-15(34(32,33)29-18-7-3-2-6-17(18)24)12-16(14)23(31)28-27-22(30)13-21-25-19-8-4-5-9-20(19)26-21/h2-12,29H,13H2,1H3,(H,25,26)(H,27,30)(H,28,31). The van der Waals surface area contributed by atoms with Gasteiger partial charge in [0.05, 0.1) is 28.0 Å². The number of halogens is 1. The van der Waals surface area contributed by atoms with Crippen molar-refractivity contribution in [3.8, 4) is 0 Å². The Hall–Kier alpha value is -4.25. The minimum atomic E-state index is -4.16. The van der Waals surface area contributed by atoms with Crippen molar-refractivity contribution in [2.45, 2.75) is 18.2 Å². The Kier molecular flexibility index (Phi) is 6.28. The van der Waals surface area contributed by atoms with Crippen LogP contribution in [0.4, 0.5) is 10.1 Å². The van der Waals surface area contributed by atoms with E-state index in [0.29, 0.717) is 16.9 Å². The highest BCUT2D eigenvalue weighted by molar-refractivity contribution is 7.92. The molecule has 1 heterocycles. The molecule has 0 aliphatic rings. The van der Waals surface area contributed by atoms with E-state index in [1.165, 1.54) is 30.3 Å². The molecule has 4 rings (SSSR count). The number of aromatic amines is 1. The maximum absolute atomic E-state index is 13.9. The molecule has 0 saturated heterocycles. The second-order valence-electron chi connectivity index (χ2n) is 7.44. The summed E-state index contributed by atoms with van der Waals surface area (Å²) in [6, 6.07) is 16.5. The Morgan fingerprint density at radius 2 is 1.74 bits per heavy atom. The van der Waals surface area contributed by atoms with Gasteiger partial charge in [-0.25, -0.2) is 17.8 Å². The number of fused-ring (bicyclic) bond motifs is 1. The molecule has 1 aromatic heterocycles. The lowest BCUT2D eigenvalue weighted by atomic mass is 10.1. The minimum Gasteiger partial charge on any atom is -0.342 e. The quantitative estimate of drug-likeness (QED) is 0.314. The van der Waals surface area contributed by atoms with E-state index in [1.807, 2.05) is 18.2 Å². The number of hydrogen-bond acceptors (Lipinski definition) is 5. The van der Waals surface area contributed by atoms with Crippen molar-refractivity contribution in [2.75, 3.05) is 4.72 Å². The number of nitrogens with one attached hydrogen (secondary N) is 4. The van der Waals surface area contributed by atoms with Crippen molar-refractivity contribution in [2.24, 2.45) is 0 Å². The molecule has 9 nitrogen and oxygen atoms in total. The molecule has 4 N–H and O–H groups in total. The Labute approximate surface area is 194 Å². The lowest BCUT2D eigenvalue weighted by molar-refractivity contribution is -0.121. The molecule has 0 atom stereocenters.